The van der Waals surface area contributed by atoms with Crippen molar-refractivity contribution in [1.29, 1.82) is 0 Å². The molecule has 11 heavy (non-hydrogen) atoms. The van der Waals surface area contributed by atoms with E-state index in [0.717, 1.165) is 0 Å². The number of hydrogen-bond donors (Lipinski definition) is 0. The van der Waals surface area contributed by atoms with E-state index in [1.165, 1.54) is 0 Å². The summed E-state index contributed by atoms with van der Waals surface area (Å²) in [7, 11) is 4.04. The van der Waals surface area contributed by atoms with Gasteiger partial charge < -0.3 is 0 Å². The molecule has 1 heterocycles. The highest BCUT2D eigenvalue weighted by molar-refractivity contribution is 7.13. The largest absolute Gasteiger partial charge is 0.299 e. The third-order valence-corrected chi connectivity index (χ3v) is 2.15. The maximum atomic E-state index is 12.9. The molecule has 0 saturated carbocycles. The van der Waals surface area contributed by atoms with E-state index in [2.05, 4.69) is 9.39 Å². The summed E-state index contributed by atoms with van der Waals surface area (Å²) in [6, 6.07) is 0. The maximum Gasteiger partial charge on any atom is 0.273 e. The Morgan fingerprint density at radius 3 is 2.55 bits per heavy atom. The Hall–Kier alpha value is 0.210. The van der Waals surface area contributed by atoms with Crippen LogP contribution in [0.2, 0.25) is 0 Å². The summed E-state index contributed by atoms with van der Waals surface area (Å²) in [5.41, 5.74) is 0. The van der Waals surface area contributed by atoms with Gasteiger partial charge in [0.1, 0.15) is 0 Å². The van der Waals surface area contributed by atoms with Crippen LogP contribution in [0, 0.1) is 0 Å². The lowest BCUT2D eigenvalue weighted by Crippen LogP contribution is -2.36. The monoisotopic (exact) mass is 182 g/mol. The van der Waals surface area contributed by atoms with Crippen LogP contribution in [0.15, 0.2) is 0 Å². The molecule has 1 fully saturated rings. The molecule has 0 bridgehead atoms. The van der Waals surface area contributed by atoms with Gasteiger partial charge in [-0.1, -0.05) is 9.39 Å². The standard InChI is InChI=1S/C6H13F2N2P/c1-9-2-3-10(11)5-6(7,8)4-9/h2-5,11H2,1H3. The second kappa shape index (κ2) is 3.30. The highest BCUT2D eigenvalue weighted by Gasteiger charge is 2.34. The molecular formula is C6H13F2N2P. The first-order valence-corrected chi connectivity index (χ1v) is 4.07. The van der Waals surface area contributed by atoms with Crippen LogP contribution < -0.4 is 0 Å². The molecule has 5 heteroatoms. The third-order valence-electron chi connectivity index (χ3n) is 1.70. The SMILES string of the molecule is CN1CCN(P)CC(F)(F)C1. The van der Waals surface area contributed by atoms with Gasteiger partial charge in [-0.25, -0.2) is 8.78 Å². The maximum absolute atomic E-state index is 12.9. The van der Waals surface area contributed by atoms with E-state index >= 15 is 0 Å². The molecule has 0 radical (unpaired) electrons. The Kier molecular flexibility index (Phi) is 2.79. The van der Waals surface area contributed by atoms with Crippen LogP contribution in [-0.4, -0.2) is 48.7 Å². The highest BCUT2D eigenvalue weighted by Crippen LogP contribution is 2.20. The van der Waals surface area contributed by atoms with Gasteiger partial charge >= 0.3 is 0 Å². The van der Waals surface area contributed by atoms with Crippen molar-refractivity contribution in [3.8, 4) is 0 Å². The molecule has 1 unspecified atom stereocenters. The van der Waals surface area contributed by atoms with E-state index < -0.39 is 5.92 Å². The Bertz CT molecular complexity index is 129. The zero-order valence-electron chi connectivity index (χ0n) is 6.56. The number of rotatable bonds is 0. The summed E-state index contributed by atoms with van der Waals surface area (Å²) in [6.07, 6.45) is 0. The molecule has 2 nitrogen and oxygen atoms in total. The fourth-order valence-electron chi connectivity index (χ4n) is 1.20. The van der Waals surface area contributed by atoms with E-state index in [4.69, 9.17) is 0 Å². The number of likely N-dealkylation sites (N-methyl/N-ethyl adjacent to an activating group) is 1. The van der Waals surface area contributed by atoms with Crippen LogP contribution in [0.4, 0.5) is 8.78 Å². The first-order valence-electron chi connectivity index (χ1n) is 3.56. The molecule has 0 aromatic heterocycles. The average Bonchev–Trinajstić information content (AvgIpc) is 1.89. The molecule has 1 aliphatic heterocycles. The van der Waals surface area contributed by atoms with Crippen LogP contribution >= 0.6 is 9.39 Å². The third kappa shape index (κ3) is 2.97. The number of alkyl halides is 2. The van der Waals surface area contributed by atoms with Crippen LogP contribution in [0.5, 0.6) is 0 Å². The van der Waals surface area contributed by atoms with Crippen molar-refractivity contribution in [2.45, 2.75) is 5.92 Å². The van der Waals surface area contributed by atoms with Gasteiger partial charge in [-0.3, -0.25) is 9.57 Å². The van der Waals surface area contributed by atoms with Gasteiger partial charge in [0.05, 0.1) is 13.1 Å². The van der Waals surface area contributed by atoms with Gasteiger partial charge in [0.2, 0.25) is 0 Å². The molecule has 1 atom stereocenters. The number of hydrogen-bond acceptors (Lipinski definition) is 2. The molecule has 0 aromatic carbocycles. The fraction of sp³-hybridized carbons (Fsp3) is 1.00. The summed E-state index contributed by atoms with van der Waals surface area (Å²) < 4.78 is 27.3. The smallest absolute Gasteiger partial charge is 0.273 e. The number of halogens is 2. The van der Waals surface area contributed by atoms with Crippen LogP contribution in [-0.2, 0) is 0 Å². The van der Waals surface area contributed by atoms with Crippen molar-refractivity contribution in [3.05, 3.63) is 0 Å². The molecule has 0 aliphatic carbocycles. The van der Waals surface area contributed by atoms with Gasteiger partial charge in [0.25, 0.3) is 5.92 Å². The van der Waals surface area contributed by atoms with Gasteiger partial charge in [-0.15, -0.1) is 0 Å². The van der Waals surface area contributed by atoms with Crippen molar-refractivity contribution >= 4 is 9.39 Å². The summed E-state index contributed by atoms with van der Waals surface area (Å²) in [5.74, 6) is -2.56. The molecule has 0 N–H and O–H groups in total. The quantitative estimate of drug-likeness (QED) is 0.508. The predicted octanol–water partition coefficient (Wildman–Crippen LogP) is 0.659. The highest BCUT2D eigenvalue weighted by atomic mass is 31.0. The molecule has 66 valence electrons. The second-order valence-corrected chi connectivity index (χ2v) is 3.79. The second-order valence-electron chi connectivity index (χ2n) is 3.06. The molecule has 1 saturated heterocycles. The minimum Gasteiger partial charge on any atom is -0.299 e. The predicted molar refractivity (Wildman–Crippen MR) is 43.7 cm³/mol. The summed E-state index contributed by atoms with van der Waals surface area (Å²) in [6.45, 7) is 1.12. The van der Waals surface area contributed by atoms with Gasteiger partial charge in [0, 0.05) is 13.1 Å². The van der Waals surface area contributed by atoms with Gasteiger partial charge in [-0.05, 0) is 7.05 Å². The Morgan fingerprint density at radius 2 is 1.91 bits per heavy atom. The normalized spacial score (nSPS) is 28.4. The van der Waals surface area contributed by atoms with Crippen molar-refractivity contribution in [3.63, 3.8) is 0 Å². The lowest BCUT2D eigenvalue weighted by Gasteiger charge is -2.19. The minimum absolute atomic E-state index is 0.127. The summed E-state index contributed by atoms with van der Waals surface area (Å²) in [4.78, 5) is 1.66. The molecule has 1 aliphatic rings. The minimum atomic E-state index is -2.56. The molecule has 0 aromatic rings. The summed E-state index contributed by atoms with van der Waals surface area (Å²) >= 11 is 0. The fourth-order valence-corrected chi connectivity index (χ4v) is 1.58. The Balaban J connectivity index is 2.55. The summed E-state index contributed by atoms with van der Waals surface area (Å²) in [5, 5.41) is 0. The topological polar surface area (TPSA) is 6.48 Å². The molecular weight excluding hydrogens is 169 g/mol. The van der Waals surface area contributed by atoms with E-state index in [0.29, 0.717) is 13.1 Å². The Morgan fingerprint density at radius 1 is 1.27 bits per heavy atom. The van der Waals surface area contributed by atoms with Crippen molar-refractivity contribution in [2.24, 2.45) is 0 Å². The van der Waals surface area contributed by atoms with E-state index in [9.17, 15) is 8.78 Å². The van der Waals surface area contributed by atoms with Gasteiger partial charge in [-0.2, -0.15) is 0 Å². The lowest BCUT2D eigenvalue weighted by atomic mass is 10.3. The van der Waals surface area contributed by atoms with E-state index in [1.54, 1.807) is 16.6 Å². The van der Waals surface area contributed by atoms with Crippen molar-refractivity contribution < 1.29 is 8.78 Å². The lowest BCUT2D eigenvalue weighted by molar-refractivity contribution is -0.0224. The Labute approximate surface area is 67.8 Å². The molecule has 0 amide bonds. The first kappa shape index (κ1) is 9.30. The molecule has 0 spiro atoms. The molecule has 1 rings (SSSR count). The van der Waals surface area contributed by atoms with Crippen molar-refractivity contribution in [1.82, 2.24) is 9.57 Å². The van der Waals surface area contributed by atoms with E-state index in [-0.39, 0.29) is 13.1 Å². The first-order chi connectivity index (χ1) is 4.99. The zero-order valence-corrected chi connectivity index (χ0v) is 7.71. The zero-order chi connectivity index (χ0) is 8.48. The number of nitrogens with zero attached hydrogens (tertiary/aromatic N) is 2. The van der Waals surface area contributed by atoms with E-state index in [1.807, 2.05) is 0 Å². The van der Waals surface area contributed by atoms with Crippen LogP contribution in [0.25, 0.3) is 0 Å². The van der Waals surface area contributed by atoms with Crippen LogP contribution in [0.3, 0.4) is 0 Å². The van der Waals surface area contributed by atoms with Gasteiger partial charge in [0.15, 0.2) is 0 Å². The van der Waals surface area contributed by atoms with Crippen LogP contribution in [0.1, 0.15) is 0 Å². The average molecular weight is 182 g/mol. The van der Waals surface area contributed by atoms with Crippen molar-refractivity contribution in [2.75, 3.05) is 33.2 Å².